The molecule has 0 spiro atoms. The van der Waals surface area contributed by atoms with Crippen LogP contribution in [0.2, 0.25) is 0 Å². The number of rotatable bonds is 4. The summed E-state index contributed by atoms with van der Waals surface area (Å²) in [5.74, 6) is 0.0544. The molecule has 0 aromatic heterocycles. The predicted molar refractivity (Wildman–Crippen MR) is 115 cm³/mol. The van der Waals surface area contributed by atoms with Gasteiger partial charge in [0.1, 0.15) is 5.75 Å². The third-order valence-electron chi connectivity index (χ3n) is 6.11. The lowest BCUT2D eigenvalue weighted by Gasteiger charge is -2.43. The Balaban J connectivity index is 2.10. The van der Waals surface area contributed by atoms with Crippen LogP contribution in [0.1, 0.15) is 78.7 Å². The fraction of sp³-hybridized carbons (Fsp3) is 0.400. The number of fused-ring (bicyclic) bond motifs is 1. The van der Waals surface area contributed by atoms with Crippen molar-refractivity contribution < 1.29 is 14.6 Å². The summed E-state index contributed by atoms with van der Waals surface area (Å²) in [6.45, 7) is 11.4. The second-order valence-electron chi connectivity index (χ2n) is 9.09. The summed E-state index contributed by atoms with van der Waals surface area (Å²) in [6, 6.07) is 9.24. The molecular formula is C25H30O3. The molecule has 0 radical (unpaired) electrons. The maximum atomic E-state index is 11.0. The van der Waals surface area contributed by atoms with E-state index in [0.29, 0.717) is 5.56 Å². The second kappa shape index (κ2) is 7.12. The minimum Gasteiger partial charge on any atom is -0.496 e. The van der Waals surface area contributed by atoms with E-state index >= 15 is 0 Å². The number of carbonyl (C=O) groups is 1. The first-order valence-corrected chi connectivity index (χ1v) is 9.81. The lowest BCUT2D eigenvalue weighted by atomic mass is 9.62. The molecule has 2 aromatic rings. The highest BCUT2D eigenvalue weighted by molar-refractivity contribution is 5.88. The van der Waals surface area contributed by atoms with E-state index in [1.165, 1.54) is 23.1 Å². The molecule has 0 atom stereocenters. The molecule has 0 saturated heterocycles. The van der Waals surface area contributed by atoms with Crippen LogP contribution in [0.15, 0.2) is 30.3 Å². The van der Waals surface area contributed by atoms with E-state index in [0.717, 1.165) is 23.3 Å². The van der Waals surface area contributed by atoms with Gasteiger partial charge >= 0.3 is 5.97 Å². The number of hydrogen-bond acceptors (Lipinski definition) is 2. The van der Waals surface area contributed by atoms with E-state index in [1.807, 2.05) is 18.2 Å². The van der Waals surface area contributed by atoms with Crippen molar-refractivity contribution in [1.82, 2.24) is 0 Å². The molecule has 3 rings (SSSR count). The molecule has 0 heterocycles. The van der Waals surface area contributed by atoms with E-state index in [2.05, 4.69) is 46.8 Å². The molecule has 0 unspecified atom stereocenters. The molecular weight excluding hydrogens is 348 g/mol. The summed E-state index contributed by atoms with van der Waals surface area (Å²) < 4.78 is 5.96. The minimum atomic E-state index is -0.910. The van der Waals surface area contributed by atoms with Crippen LogP contribution in [0.3, 0.4) is 0 Å². The van der Waals surface area contributed by atoms with E-state index < -0.39 is 5.97 Å². The first-order chi connectivity index (χ1) is 13.1. The van der Waals surface area contributed by atoms with Crippen LogP contribution in [0, 0.1) is 6.92 Å². The van der Waals surface area contributed by atoms with Gasteiger partial charge in [-0.2, -0.15) is 0 Å². The minimum absolute atomic E-state index is 0.0651. The highest BCUT2D eigenvalue weighted by Crippen LogP contribution is 2.51. The first-order valence-electron chi connectivity index (χ1n) is 9.81. The molecule has 0 fully saturated rings. The van der Waals surface area contributed by atoms with Gasteiger partial charge in [-0.15, -0.1) is 0 Å². The molecule has 0 amide bonds. The van der Waals surface area contributed by atoms with Gasteiger partial charge in [-0.05, 0) is 59.4 Å². The normalized spacial score (nSPS) is 17.4. The quantitative estimate of drug-likeness (QED) is 0.642. The summed E-state index contributed by atoms with van der Waals surface area (Å²) in [5.41, 5.74) is 6.45. The molecule has 3 heteroatoms. The number of carboxylic acids is 1. The number of aryl methyl sites for hydroxylation is 1. The molecule has 0 saturated carbocycles. The van der Waals surface area contributed by atoms with Gasteiger partial charge in [-0.25, -0.2) is 4.79 Å². The van der Waals surface area contributed by atoms with Crippen molar-refractivity contribution in [2.75, 3.05) is 7.11 Å². The van der Waals surface area contributed by atoms with Gasteiger partial charge in [0, 0.05) is 11.1 Å². The zero-order valence-electron chi connectivity index (χ0n) is 17.7. The van der Waals surface area contributed by atoms with E-state index in [4.69, 9.17) is 9.84 Å². The number of hydrogen-bond donors (Lipinski definition) is 1. The summed E-state index contributed by atoms with van der Waals surface area (Å²) in [6.07, 6.45) is 6.40. The monoisotopic (exact) mass is 378 g/mol. The Hall–Kier alpha value is -2.55. The van der Waals surface area contributed by atoms with Crippen molar-refractivity contribution in [2.24, 2.45) is 0 Å². The van der Waals surface area contributed by atoms with Gasteiger partial charge in [0.2, 0.25) is 0 Å². The van der Waals surface area contributed by atoms with Crippen LogP contribution in [-0.4, -0.2) is 18.2 Å². The standard InChI is InChI=1S/C25H30O3/c1-16-15-20-21(25(4,5)14-13-24(20,2)3)22(28-6)19(16)12-9-17-7-10-18(11-8-17)23(26)27/h7-12,15H,13-14H2,1-6H3,(H,26,27). The molecule has 2 aromatic carbocycles. The molecule has 3 nitrogen and oxygen atoms in total. The van der Waals surface area contributed by atoms with Crippen LogP contribution in [0.5, 0.6) is 5.75 Å². The zero-order valence-corrected chi connectivity index (χ0v) is 17.7. The maximum absolute atomic E-state index is 11.0. The van der Waals surface area contributed by atoms with Crippen LogP contribution in [-0.2, 0) is 10.8 Å². The largest absolute Gasteiger partial charge is 0.496 e. The van der Waals surface area contributed by atoms with Gasteiger partial charge < -0.3 is 9.84 Å². The molecule has 148 valence electrons. The fourth-order valence-corrected chi connectivity index (χ4v) is 4.23. The number of methoxy groups -OCH3 is 1. The predicted octanol–water partition coefficient (Wildman–Crippen LogP) is 6.22. The molecule has 0 aliphatic heterocycles. The second-order valence-corrected chi connectivity index (χ2v) is 9.09. The Bertz CT molecular complexity index is 931. The zero-order chi connectivity index (χ0) is 20.7. The third kappa shape index (κ3) is 3.58. The van der Waals surface area contributed by atoms with E-state index in [9.17, 15) is 4.79 Å². The SMILES string of the molecule is COc1c(C=Cc2ccc(C(=O)O)cc2)c(C)cc2c1C(C)(C)CCC2(C)C. The number of ether oxygens (including phenoxy) is 1. The van der Waals surface area contributed by atoms with Crippen molar-refractivity contribution >= 4 is 18.1 Å². The maximum Gasteiger partial charge on any atom is 0.335 e. The number of benzene rings is 2. The fourth-order valence-electron chi connectivity index (χ4n) is 4.23. The van der Waals surface area contributed by atoms with Crippen molar-refractivity contribution in [2.45, 2.75) is 58.3 Å². The first kappa shape index (κ1) is 20.2. The summed E-state index contributed by atoms with van der Waals surface area (Å²) in [7, 11) is 1.76. The average Bonchev–Trinajstić information content (AvgIpc) is 2.64. The summed E-state index contributed by atoms with van der Waals surface area (Å²) in [4.78, 5) is 11.0. The highest BCUT2D eigenvalue weighted by Gasteiger charge is 2.40. The number of aromatic carboxylic acids is 1. The van der Waals surface area contributed by atoms with Crippen molar-refractivity contribution in [3.8, 4) is 5.75 Å². The van der Waals surface area contributed by atoms with E-state index in [1.54, 1.807) is 19.2 Å². The molecule has 1 aliphatic rings. The van der Waals surface area contributed by atoms with Crippen molar-refractivity contribution in [3.63, 3.8) is 0 Å². The Labute approximate surface area is 168 Å². The molecule has 1 N–H and O–H groups in total. The molecule has 1 aliphatic carbocycles. The Morgan fingerprint density at radius 1 is 1.04 bits per heavy atom. The lowest BCUT2D eigenvalue weighted by Crippen LogP contribution is -2.34. The number of carboxylic acid groups (broad SMARTS) is 1. The van der Waals surface area contributed by atoms with Crippen LogP contribution in [0.4, 0.5) is 0 Å². The summed E-state index contributed by atoms with van der Waals surface area (Å²) in [5, 5.41) is 9.06. The van der Waals surface area contributed by atoms with Gasteiger partial charge in [0.15, 0.2) is 0 Å². The molecule has 0 bridgehead atoms. The average molecular weight is 379 g/mol. The lowest BCUT2D eigenvalue weighted by molar-refractivity contribution is 0.0697. The van der Waals surface area contributed by atoms with Crippen LogP contribution in [0.25, 0.3) is 12.2 Å². The molecule has 28 heavy (non-hydrogen) atoms. The van der Waals surface area contributed by atoms with Gasteiger partial charge in [-0.1, -0.05) is 58.0 Å². The highest BCUT2D eigenvalue weighted by atomic mass is 16.5. The van der Waals surface area contributed by atoms with Gasteiger partial charge in [0.25, 0.3) is 0 Å². The van der Waals surface area contributed by atoms with Gasteiger partial charge in [0.05, 0.1) is 12.7 Å². The van der Waals surface area contributed by atoms with Crippen molar-refractivity contribution in [3.05, 3.63) is 63.7 Å². The van der Waals surface area contributed by atoms with Crippen LogP contribution < -0.4 is 4.74 Å². The Morgan fingerprint density at radius 3 is 2.21 bits per heavy atom. The Morgan fingerprint density at radius 2 is 1.64 bits per heavy atom. The Kier molecular flexibility index (Phi) is 5.14. The van der Waals surface area contributed by atoms with Crippen LogP contribution >= 0.6 is 0 Å². The topological polar surface area (TPSA) is 46.5 Å². The van der Waals surface area contributed by atoms with E-state index in [-0.39, 0.29) is 10.8 Å². The summed E-state index contributed by atoms with van der Waals surface area (Å²) >= 11 is 0. The smallest absolute Gasteiger partial charge is 0.335 e. The van der Waals surface area contributed by atoms with Gasteiger partial charge in [-0.3, -0.25) is 0 Å². The van der Waals surface area contributed by atoms with Crippen molar-refractivity contribution in [1.29, 1.82) is 0 Å². The third-order valence-corrected chi connectivity index (χ3v) is 6.11.